The molecule has 2 fully saturated rings. The first-order valence-electron chi connectivity index (χ1n) is 9.95. The number of carbonyl (C=O) groups is 3. The lowest BCUT2D eigenvalue weighted by molar-refractivity contribution is -0.145. The molecule has 0 bridgehead atoms. The second-order valence-electron chi connectivity index (χ2n) is 7.97. The van der Waals surface area contributed by atoms with Gasteiger partial charge in [-0.15, -0.1) is 0 Å². The van der Waals surface area contributed by atoms with Crippen LogP contribution in [0.5, 0.6) is 0 Å². The highest BCUT2D eigenvalue weighted by molar-refractivity contribution is 6.06. The van der Waals surface area contributed by atoms with Crippen LogP contribution < -0.4 is 0 Å². The highest BCUT2D eigenvalue weighted by atomic mass is 16.2. The molecule has 0 spiro atoms. The molecular formula is C22H22N4O3. The van der Waals surface area contributed by atoms with E-state index in [0.29, 0.717) is 31.6 Å². The molecule has 3 amide bonds. The van der Waals surface area contributed by atoms with Gasteiger partial charge in [0.15, 0.2) is 0 Å². The van der Waals surface area contributed by atoms with E-state index in [1.165, 1.54) is 4.90 Å². The highest BCUT2D eigenvalue weighted by Crippen LogP contribution is 2.37. The quantitative estimate of drug-likeness (QED) is 0.592. The summed E-state index contributed by atoms with van der Waals surface area (Å²) in [5.74, 6) is -0.719. The number of rotatable bonds is 3. The summed E-state index contributed by atoms with van der Waals surface area (Å²) in [6.45, 7) is 0.768. The molecule has 0 unspecified atom stereocenters. The molecule has 1 aromatic carbocycles. The van der Waals surface area contributed by atoms with Crippen LogP contribution in [0, 0.1) is 11.8 Å². The van der Waals surface area contributed by atoms with Crippen LogP contribution in [0.2, 0.25) is 0 Å². The average Bonchev–Trinajstić information content (AvgIpc) is 3.21. The number of likely N-dealkylation sites (tertiary alicyclic amines) is 2. The van der Waals surface area contributed by atoms with E-state index in [9.17, 15) is 14.4 Å². The van der Waals surface area contributed by atoms with Crippen LogP contribution in [0.3, 0.4) is 0 Å². The molecule has 1 aliphatic carbocycles. The maximum Gasteiger partial charge on any atom is 0.272 e. The Hall–Kier alpha value is -3.22. The molecule has 2 aromatic rings. The van der Waals surface area contributed by atoms with E-state index in [4.69, 9.17) is 0 Å². The molecule has 7 nitrogen and oxygen atoms in total. The van der Waals surface area contributed by atoms with Crippen molar-refractivity contribution in [2.45, 2.75) is 18.9 Å². The molecule has 1 aromatic heterocycles. The second kappa shape index (κ2) is 6.69. The van der Waals surface area contributed by atoms with Gasteiger partial charge in [0.25, 0.3) is 5.91 Å². The van der Waals surface area contributed by atoms with Crippen molar-refractivity contribution in [3.05, 3.63) is 54.2 Å². The average molecular weight is 390 g/mol. The number of aryl methyl sites for hydroxylation is 1. The maximum atomic E-state index is 12.9. The van der Waals surface area contributed by atoms with E-state index in [-0.39, 0.29) is 35.6 Å². The van der Waals surface area contributed by atoms with Crippen LogP contribution in [0.25, 0.3) is 11.3 Å². The third kappa shape index (κ3) is 2.80. The van der Waals surface area contributed by atoms with Crippen LogP contribution in [0.1, 0.15) is 23.3 Å². The first-order chi connectivity index (χ1) is 14.0. The molecule has 0 N–H and O–H groups in total. The minimum Gasteiger partial charge on any atom is -0.333 e. The smallest absolute Gasteiger partial charge is 0.272 e. The van der Waals surface area contributed by atoms with Gasteiger partial charge in [-0.25, -0.2) is 0 Å². The number of carbonyl (C=O) groups excluding carboxylic acids is 3. The molecule has 148 valence electrons. The topological polar surface area (TPSA) is 75.5 Å². The van der Waals surface area contributed by atoms with Gasteiger partial charge in [-0.2, -0.15) is 5.10 Å². The Bertz CT molecular complexity index is 994. The molecule has 3 aliphatic rings. The SMILES string of the molecule is Cn1nc(-c2ccccc2)cc1C(=O)N1CC(N2C(=O)[C@@H]3CC=CC[C@H]3C2=O)C1. The predicted molar refractivity (Wildman–Crippen MR) is 106 cm³/mol. The molecule has 3 heterocycles. The van der Waals surface area contributed by atoms with Gasteiger partial charge < -0.3 is 4.90 Å². The lowest BCUT2D eigenvalue weighted by Gasteiger charge is -2.43. The van der Waals surface area contributed by atoms with Crippen molar-refractivity contribution in [3.8, 4) is 11.3 Å². The molecule has 7 heteroatoms. The van der Waals surface area contributed by atoms with Crippen molar-refractivity contribution in [1.82, 2.24) is 19.6 Å². The number of hydrogen-bond acceptors (Lipinski definition) is 4. The Morgan fingerprint density at radius 3 is 2.24 bits per heavy atom. The van der Waals surface area contributed by atoms with E-state index in [0.717, 1.165) is 11.3 Å². The maximum absolute atomic E-state index is 12.9. The molecule has 0 radical (unpaired) electrons. The molecule has 2 aliphatic heterocycles. The van der Waals surface area contributed by atoms with Gasteiger partial charge in [-0.1, -0.05) is 42.5 Å². The Balaban J connectivity index is 1.28. The summed E-state index contributed by atoms with van der Waals surface area (Å²) in [5.41, 5.74) is 2.20. The van der Waals surface area contributed by atoms with Crippen LogP contribution in [0.4, 0.5) is 0 Å². The fraction of sp³-hybridized carbons (Fsp3) is 0.364. The first-order valence-corrected chi connectivity index (χ1v) is 9.95. The Labute approximate surface area is 168 Å². The summed E-state index contributed by atoms with van der Waals surface area (Å²) >= 11 is 0. The van der Waals surface area contributed by atoms with Gasteiger partial charge in [0.05, 0.1) is 23.6 Å². The number of fused-ring (bicyclic) bond motifs is 1. The minimum atomic E-state index is -0.220. The van der Waals surface area contributed by atoms with E-state index in [1.54, 1.807) is 22.7 Å². The molecule has 0 saturated carbocycles. The lowest BCUT2D eigenvalue weighted by atomic mass is 9.85. The van der Waals surface area contributed by atoms with Crippen molar-refractivity contribution in [2.24, 2.45) is 18.9 Å². The molecule has 29 heavy (non-hydrogen) atoms. The highest BCUT2D eigenvalue weighted by Gasteiger charge is 2.52. The fourth-order valence-electron chi connectivity index (χ4n) is 4.55. The fourth-order valence-corrected chi connectivity index (χ4v) is 4.55. The Morgan fingerprint density at radius 2 is 1.62 bits per heavy atom. The molecule has 2 atom stereocenters. The molecular weight excluding hydrogens is 368 g/mol. The number of benzene rings is 1. The first kappa shape index (κ1) is 17.8. The normalized spacial score (nSPS) is 24.0. The summed E-state index contributed by atoms with van der Waals surface area (Å²) < 4.78 is 1.59. The zero-order chi connectivity index (χ0) is 20.1. The van der Waals surface area contributed by atoms with Crippen molar-refractivity contribution >= 4 is 17.7 Å². The van der Waals surface area contributed by atoms with Gasteiger partial charge in [0, 0.05) is 25.7 Å². The largest absolute Gasteiger partial charge is 0.333 e. The van der Waals surface area contributed by atoms with E-state index in [1.807, 2.05) is 42.5 Å². The standard InChI is InChI=1S/C22H22N4O3/c1-24-19(11-18(23-24)14-7-3-2-4-8-14)22(29)25-12-15(13-25)26-20(27)16-9-5-6-10-17(16)21(26)28/h2-8,11,15-17H,9-10,12-13H2,1H3/t16-,17-/m1/s1. The van der Waals surface area contributed by atoms with E-state index >= 15 is 0 Å². The van der Waals surface area contributed by atoms with Crippen LogP contribution in [-0.2, 0) is 16.6 Å². The summed E-state index contributed by atoms with van der Waals surface area (Å²) in [6.07, 6.45) is 5.25. The monoisotopic (exact) mass is 390 g/mol. The van der Waals surface area contributed by atoms with Crippen molar-refractivity contribution in [3.63, 3.8) is 0 Å². The molecule has 2 saturated heterocycles. The van der Waals surface area contributed by atoms with E-state index in [2.05, 4.69) is 5.10 Å². The zero-order valence-corrected chi connectivity index (χ0v) is 16.2. The Morgan fingerprint density at radius 1 is 1.00 bits per heavy atom. The summed E-state index contributed by atoms with van der Waals surface area (Å²) in [5, 5.41) is 4.46. The van der Waals surface area contributed by atoms with Crippen LogP contribution >= 0.6 is 0 Å². The number of nitrogens with zero attached hydrogens (tertiary/aromatic N) is 4. The van der Waals surface area contributed by atoms with Gasteiger partial charge >= 0.3 is 0 Å². The number of hydrogen-bond donors (Lipinski definition) is 0. The minimum absolute atomic E-state index is 0.0756. The van der Waals surface area contributed by atoms with Crippen LogP contribution in [-0.4, -0.2) is 56.4 Å². The van der Waals surface area contributed by atoms with Crippen molar-refractivity contribution < 1.29 is 14.4 Å². The van der Waals surface area contributed by atoms with Gasteiger partial charge in [-0.3, -0.25) is 24.0 Å². The van der Waals surface area contributed by atoms with Gasteiger partial charge in [-0.05, 0) is 18.9 Å². The Kier molecular flexibility index (Phi) is 4.12. The third-order valence-electron chi connectivity index (χ3n) is 6.22. The number of amides is 3. The van der Waals surface area contributed by atoms with Crippen molar-refractivity contribution in [1.29, 1.82) is 0 Å². The van der Waals surface area contributed by atoms with Crippen LogP contribution in [0.15, 0.2) is 48.6 Å². The predicted octanol–water partition coefficient (Wildman–Crippen LogP) is 1.86. The summed E-state index contributed by atoms with van der Waals surface area (Å²) in [7, 11) is 1.75. The molecule has 5 rings (SSSR count). The lowest BCUT2D eigenvalue weighted by Crippen LogP contribution is -2.62. The summed E-state index contributed by atoms with van der Waals surface area (Å²) in [6, 6.07) is 11.3. The third-order valence-corrected chi connectivity index (χ3v) is 6.22. The van der Waals surface area contributed by atoms with Crippen molar-refractivity contribution in [2.75, 3.05) is 13.1 Å². The number of allylic oxidation sites excluding steroid dienone is 2. The zero-order valence-electron chi connectivity index (χ0n) is 16.2. The number of imide groups is 1. The van der Waals surface area contributed by atoms with E-state index < -0.39 is 0 Å². The second-order valence-corrected chi connectivity index (χ2v) is 7.97. The van der Waals surface area contributed by atoms with Gasteiger partial charge in [0.2, 0.25) is 11.8 Å². The van der Waals surface area contributed by atoms with Gasteiger partial charge in [0.1, 0.15) is 5.69 Å². The number of aromatic nitrogens is 2. The summed E-state index contributed by atoms with van der Waals surface area (Å²) in [4.78, 5) is 41.4.